The van der Waals surface area contributed by atoms with E-state index in [4.69, 9.17) is 32.5 Å². The Morgan fingerprint density at radius 2 is 1.62 bits per heavy atom. The third kappa shape index (κ3) is 4.37. The SMILES string of the molecule is O=C(Cc1ccc(Cl)cc1)OCc1cc(-c2ccc(Cl)cc2)on1. The molecule has 6 heteroatoms. The van der Waals surface area contributed by atoms with Crippen LogP contribution in [0.3, 0.4) is 0 Å². The topological polar surface area (TPSA) is 52.3 Å². The molecule has 0 aliphatic rings. The molecule has 0 fully saturated rings. The second-order valence-electron chi connectivity index (χ2n) is 5.15. The predicted molar refractivity (Wildman–Crippen MR) is 91.9 cm³/mol. The first-order chi connectivity index (χ1) is 11.6. The molecule has 0 saturated heterocycles. The molecule has 1 aromatic heterocycles. The number of carbonyl (C=O) groups excluding carboxylic acids is 1. The van der Waals surface area contributed by atoms with E-state index in [9.17, 15) is 4.79 Å². The minimum Gasteiger partial charge on any atom is -0.459 e. The molecule has 0 atom stereocenters. The minimum atomic E-state index is -0.339. The molecule has 24 heavy (non-hydrogen) atoms. The first-order valence-electron chi connectivity index (χ1n) is 7.22. The molecule has 122 valence electrons. The number of halogens is 2. The van der Waals surface area contributed by atoms with Crippen molar-refractivity contribution in [3.05, 3.63) is 75.9 Å². The van der Waals surface area contributed by atoms with Crippen LogP contribution in [0.5, 0.6) is 0 Å². The summed E-state index contributed by atoms with van der Waals surface area (Å²) in [6.07, 6.45) is 0.180. The Morgan fingerprint density at radius 1 is 1.00 bits per heavy atom. The summed E-state index contributed by atoms with van der Waals surface area (Å²) in [6, 6.07) is 16.0. The monoisotopic (exact) mass is 361 g/mol. The maximum Gasteiger partial charge on any atom is 0.310 e. The van der Waals surface area contributed by atoms with Gasteiger partial charge < -0.3 is 9.26 Å². The number of hydrogen-bond donors (Lipinski definition) is 0. The first-order valence-corrected chi connectivity index (χ1v) is 7.97. The molecule has 0 bridgehead atoms. The fourth-order valence-electron chi connectivity index (χ4n) is 2.10. The zero-order valence-corrected chi connectivity index (χ0v) is 14.1. The number of rotatable bonds is 5. The molecule has 1 heterocycles. The van der Waals surface area contributed by atoms with Gasteiger partial charge in [0, 0.05) is 21.7 Å². The van der Waals surface area contributed by atoms with Crippen LogP contribution in [0, 0.1) is 0 Å². The van der Waals surface area contributed by atoms with Crippen molar-refractivity contribution in [2.75, 3.05) is 0 Å². The molecule has 0 unspecified atom stereocenters. The summed E-state index contributed by atoms with van der Waals surface area (Å²) in [5.41, 5.74) is 2.24. The van der Waals surface area contributed by atoms with Crippen LogP contribution in [0.2, 0.25) is 10.0 Å². The van der Waals surface area contributed by atoms with Crippen molar-refractivity contribution >= 4 is 29.2 Å². The lowest BCUT2D eigenvalue weighted by molar-refractivity contribution is -0.144. The smallest absolute Gasteiger partial charge is 0.310 e. The van der Waals surface area contributed by atoms with Gasteiger partial charge in [-0.2, -0.15) is 0 Å². The molecule has 0 aliphatic carbocycles. The van der Waals surface area contributed by atoms with Gasteiger partial charge in [-0.05, 0) is 42.0 Å². The van der Waals surface area contributed by atoms with Gasteiger partial charge in [-0.1, -0.05) is 40.5 Å². The highest BCUT2D eigenvalue weighted by atomic mass is 35.5. The number of aromatic nitrogens is 1. The lowest BCUT2D eigenvalue weighted by atomic mass is 10.1. The number of carbonyl (C=O) groups is 1. The Kier molecular flexibility index (Phi) is 5.18. The summed E-state index contributed by atoms with van der Waals surface area (Å²) in [7, 11) is 0. The lowest BCUT2D eigenvalue weighted by Gasteiger charge is -2.02. The Morgan fingerprint density at radius 3 is 2.29 bits per heavy atom. The van der Waals surface area contributed by atoms with Gasteiger partial charge in [-0.3, -0.25) is 4.79 Å². The summed E-state index contributed by atoms with van der Waals surface area (Å²) in [4.78, 5) is 11.9. The number of benzene rings is 2. The van der Waals surface area contributed by atoms with E-state index < -0.39 is 0 Å². The Balaban J connectivity index is 1.56. The van der Waals surface area contributed by atoms with E-state index in [1.807, 2.05) is 12.1 Å². The van der Waals surface area contributed by atoms with E-state index in [2.05, 4.69) is 5.16 Å². The summed E-state index contributed by atoms with van der Waals surface area (Å²) in [6.45, 7) is 0.0590. The molecule has 2 aromatic carbocycles. The Labute approximate surface area is 148 Å². The molecule has 4 nitrogen and oxygen atoms in total. The Bertz CT molecular complexity index is 826. The standard InChI is InChI=1S/C18H13Cl2NO3/c19-14-5-1-12(2-6-14)9-18(22)23-11-16-10-17(24-21-16)13-3-7-15(20)8-4-13/h1-8,10H,9,11H2. The van der Waals surface area contributed by atoms with Crippen LogP contribution in [-0.4, -0.2) is 11.1 Å². The summed E-state index contributed by atoms with van der Waals surface area (Å²) >= 11 is 11.7. The van der Waals surface area contributed by atoms with Gasteiger partial charge in [-0.25, -0.2) is 0 Å². The van der Waals surface area contributed by atoms with Gasteiger partial charge in [0.25, 0.3) is 0 Å². The molecule has 0 N–H and O–H groups in total. The molecule has 3 aromatic rings. The third-order valence-electron chi connectivity index (χ3n) is 3.33. The van der Waals surface area contributed by atoms with Crippen molar-refractivity contribution < 1.29 is 14.1 Å². The number of hydrogen-bond acceptors (Lipinski definition) is 4. The molecule has 3 rings (SSSR count). The molecule has 0 amide bonds. The van der Waals surface area contributed by atoms with Crippen LogP contribution >= 0.6 is 23.2 Å². The molecule has 0 spiro atoms. The third-order valence-corrected chi connectivity index (χ3v) is 3.83. The van der Waals surface area contributed by atoms with Gasteiger partial charge in [-0.15, -0.1) is 0 Å². The summed E-state index contributed by atoms with van der Waals surface area (Å²) < 4.78 is 10.5. The van der Waals surface area contributed by atoms with Crippen LogP contribution < -0.4 is 0 Å². The van der Waals surface area contributed by atoms with Crippen molar-refractivity contribution in [2.24, 2.45) is 0 Å². The fourth-order valence-corrected chi connectivity index (χ4v) is 2.36. The second kappa shape index (κ2) is 7.51. The molecule has 0 radical (unpaired) electrons. The predicted octanol–water partition coefficient (Wildman–Crippen LogP) is 4.93. The van der Waals surface area contributed by atoms with Crippen LogP contribution in [0.1, 0.15) is 11.3 Å². The molecule has 0 aliphatic heterocycles. The highest BCUT2D eigenvalue weighted by Gasteiger charge is 2.10. The van der Waals surface area contributed by atoms with Crippen molar-refractivity contribution in [3.63, 3.8) is 0 Å². The van der Waals surface area contributed by atoms with Crippen molar-refractivity contribution in [3.8, 4) is 11.3 Å². The first kappa shape index (κ1) is 16.6. The zero-order chi connectivity index (χ0) is 16.9. The van der Waals surface area contributed by atoms with E-state index in [1.54, 1.807) is 42.5 Å². The zero-order valence-electron chi connectivity index (χ0n) is 12.5. The maximum atomic E-state index is 11.9. The number of ether oxygens (including phenoxy) is 1. The maximum absolute atomic E-state index is 11.9. The Hall–Kier alpha value is -2.30. The quantitative estimate of drug-likeness (QED) is 0.604. The minimum absolute atomic E-state index is 0.0590. The van der Waals surface area contributed by atoms with Crippen LogP contribution in [-0.2, 0) is 22.6 Å². The highest BCUT2D eigenvalue weighted by molar-refractivity contribution is 6.30. The van der Waals surface area contributed by atoms with Crippen molar-refractivity contribution in [1.82, 2.24) is 5.16 Å². The van der Waals surface area contributed by atoms with E-state index in [-0.39, 0.29) is 19.0 Å². The highest BCUT2D eigenvalue weighted by Crippen LogP contribution is 2.22. The molecular formula is C18H13Cl2NO3. The average molecular weight is 362 g/mol. The normalized spacial score (nSPS) is 10.6. The fraction of sp³-hybridized carbons (Fsp3) is 0.111. The van der Waals surface area contributed by atoms with Gasteiger partial charge in [0.15, 0.2) is 5.76 Å². The largest absolute Gasteiger partial charge is 0.459 e. The number of esters is 1. The molecule has 0 saturated carbocycles. The molecular weight excluding hydrogens is 349 g/mol. The van der Waals surface area contributed by atoms with Gasteiger partial charge >= 0.3 is 5.97 Å². The van der Waals surface area contributed by atoms with E-state index >= 15 is 0 Å². The van der Waals surface area contributed by atoms with Crippen LogP contribution in [0.4, 0.5) is 0 Å². The average Bonchev–Trinajstić information content (AvgIpc) is 3.05. The van der Waals surface area contributed by atoms with E-state index in [1.165, 1.54) is 0 Å². The van der Waals surface area contributed by atoms with E-state index in [0.717, 1.165) is 11.1 Å². The number of nitrogens with zero attached hydrogens (tertiary/aromatic N) is 1. The van der Waals surface area contributed by atoms with Crippen LogP contribution in [0.25, 0.3) is 11.3 Å². The van der Waals surface area contributed by atoms with Gasteiger partial charge in [0.1, 0.15) is 12.3 Å². The summed E-state index contributed by atoms with van der Waals surface area (Å²) in [5, 5.41) is 5.18. The summed E-state index contributed by atoms with van der Waals surface area (Å²) in [5.74, 6) is 0.254. The van der Waals surface area contributed by atoms with E-state index in [0.29, 0.717) is 21.5 Å². The second-order valence-corrected chi connectivity index (χ2v) is 6.03. The van der Waals surface area contributed by atoms with Crippen molar-refractivity contribution in [1.29, 1.82) is 0 Å². The van der Waals surface area contributed by atoms with Crippen LogP contribution in [0.15, 0.2) is 59.1 Å². The van der Waals surface area contributed by atoms with Crippen molar-refractivity contribution in [2.45, 2.75) is 13.0 Å². The van der Waals surface area contributed by atoms with Gasteiger partial charge in [0.05, 0.1) is 6.42 Å². The lowest BCUT2D eigenvalue weighted by Crippen LogP contribution is -2.08. The van der Waals surface area contributed by atoms with Gasteiger partial charge in [0.2, 0.25) is 0 Å².